The summed E-state index contributed by atoms with van der Waals surface area (Å²) in [5.41, 5.74) is 2.95. The summed E-state index contributed by atoms with van der Waals surface area (Å²) in [7, 11) is -4.13. The lowest BCUT2D eigenvalue weighted by molar-refractivity contribution is -0.140. The smallest absolute Gasteiger partial charge is 0.264 e. The molecule has 2 amide bonds. The van der Waals surface area contributed by atoms with Crippen LogP contribution >= 0.6 is 0 Å². The zero-order valence-electron chi connectivity index (χ0n) is 24.9. The van der Waals surface area contributed by atoms with Gasteiger partial charge in [0.25, 0.3) is 10.0 Å². The fourth-order valence-electron chi connectivity index (χ4n) is 5.00. The highest BCUT2D eigenvalue weighted by Gasteiger charge is 2.35. The number of rotatable bonds is 13. The minimum absolute atomic E-state index is 0.0849. The predicted molar refractivity (Wildman–Crippen MR) is 171 cm³/mol. The van der Waals surface area contributed by atoms with E-state index in [9.17, 15) is 18.0 Å². The molecule has 0 aliphatic heterocycles. The van der Waals surface area contributed by atoms with Gasteiger partial charge in [-0.15, -0.1) is 0 Å². The van der Waals surface area contributed by atoms with E-state index in [-0.39, 0.29) is 29.8 Å². The number of carbonyl (C=O) groups excluding carboxylic acids is 2. The maximum Gasteiger partial charge on any atom is 0.264 e. The summed E-state index contributed by atoms with van der Waals surface area (Å²) < 4.78 is 29.4. The molecule has 0 fully saturated rings. The van der Waals surface area contributed by atoms with Gasteiger partial charge in [0.1, 0.15) is 12.6 Å². The van der Waals surface area contributed by atoms with E-state index in [0.29, 0.717) is 12.1 Å². The molecule has 1 N–H and O–H groups in total. The molecule has 4 aromatic rings. The maximum atomic E-state index is 14.5. The summed E-state index contributed by atoms with van der Waals surface area (Å²) in [4.78, 5) is 29.8. The van der Waals surface area contributed by atoms with Gasteiger partial charge in [-0.1, -0.05) is 104 Å². The van der Waals surface area contributed by atoms with Gasteiger partial charge in [0, 0.05) is 19.0 Å². The lowest BCUT2D eigenvalue weighted by atomic mass is 10.0. The Bertz CT molecular complexity index is 1590. The Labute approximate surface area is 255 Å². The SMILES string of the molecule is CCc1ccccc1N(CC(=O)N(Cc1ccccc1)C(Cc1ccccc1)C(=O)NC(C)C)S(=O)(=O)c1ccccc1. The van der Waals surface area contributed by atoms with E-state index in [1.807, 2.05) is 93.6 Å². The molecule has 4 rings (SSSR count). The largest absolute Gasteiger partial charge is 0.352 e. The number of amides is 2. The number of sulfonamides is 1. The van der Waals surface area contributed by atoms with Crippen molar-refractivity contribution < 1.29 is 18.0 Å². The van der Waals surface area contributed by atoms with Gasteiger partial charge in [0.15, 0.2) is 0 Å². The lowest BCUT2D eigenvalue weighted by Crippen LogP contribution is -2.54. The fourth-order valence-corrected chi connectivity index (χ4v) is 6.47. The highest BCUT2D eigenvalue weighted by molar-refractivity contribution is 7.92. The van der Waals surface area contributed by atoms with Crippen LogP contribution in [0.15, 0.2) is 120 Å². The van der Waals surface area contributed by atoms with Gasteiger partial charge in [-0.3, -0.25) is 13.9 Å². The molecule has 0 saturated carbocycles. The summed E-state index contributed by atoms with van der Waals surface area (Å²) in [6.07, 6.45) is 0.848. The molecule has 0 saturated heterocycles. The van der Waals surface area contributed by atoms with Crippen LogP contribution in [0.4, 0.5) is 5.69 Å². The first-order valence-corrected chi connectivity index (χ1v) is 16.0. The minimum Gasteiger partial charge on any atom is -0.352 e. The molecule has 0 bridgehead atoms. The number of nitrogens with zero attached hydrogens (tertiary/aromatic N) is 2. The first-order chi connectivity index (χ1) is 20.7. The molecule has 8 heteroatoms. The molecule has 0 aliphatic carbocycles. The van der Waals surface area contributed by atoms with Gasteiger partial charge in [-0.25, -0.2) is 8.42 Å². The summed E-state index contributed by atoms with van der Waals surface area (Å²) in [6, 6.07) is 33.3. The van der Waals surface area contributed by atoms with Crippen LogP contribution in [-0.2, 0) is 39.0 Å². The van der Waals surface area contributed by atoms with Crippen LogP contribution in [-0.4, -0.2) is 43.8 Å². The third-order valence-electron chi connectivity index (χ3n) is 7.15. The minimum atomic E-state index is -4.13. The molecule has 7 nitrogen and oxygen atoms in total. The third-order valence-corrected chi connectivity index (χ3v) is 8.92. The van der Waals surface area contributed by atoms with Gasteiger partial charge < -0.3 is 10.2 Å². The summed E-state index contributed by atoms with van der Waals surface area (Å²) in [5.74, 6) is -0.774. The molecule has 43 heavy (non-hydrogen) atoms. The number of anilines is 1. The Hall–Kier alpha value is -4.43. The van der Waals surface area contributed by atoms with Gasteiger partial charge in [0.2, 0.25) is 11.8 Å². The molecular weight excluding hydrogens is 558 g/mol. The van der Waals surface area contributed by atoms with Crippen LogP contribution in [0, 0.1) is 0 Å². The van der Waals surface area contributed by atoms with Gasteiger partial charge in [-0.05, 0) is 55.2 Å². The fraction of sp³-hybridized carbons (Fsp3) is 0.257. The average molecular weight is 598 g/mol. The predicted octanol–water partition coefficient (Wildman–Crippen LogP) is 5.61. The van der Waals surface area contributed by atoms with E-state index in [1.165, 1.54) is 21.3 Å². The van der Waals surface area contributed by atoms with Crippen molar-refractivity contribution in [3.05, 3.63) is 132 Å². The second-order valence-corrected chi connectivity index (χ2v) is 12.5. The zero-order valence-corrected chi connectivity index (χ0v) is 25.7. The van der Waals surface area contributed by atoms with Crippen molar-refractivity contribution in [1.82, 2.24) is 10.2 Å². The number of para-hydroxylation sites is 1. The summed E-state index contributed by atoms with van der Waals surface area (Å²) in [5, 5.41) is 2.98. The van der Waals surface area contributed by atoms with Crippen molar-refractivity contribution in [1.29, 1.82) is 0 Å². The van der Waals surface area contributed by atoms with Crippen LogP contribution < -0.4 is 9.62 Å². The highest BCUT2D eigenvalue weighted by atomic mass is 32.2. The van der Waals surface area contributed by atoms with Crippen molar-refractivity contribution >= 4 is 27.5 Å². The molecule has 0 aliphatic rings. The number of hydrogen-bond acceptors (Lipinski definition) is 4. The molecular formula is C35H39N3O4S. The molecule has 4 aromatic carbocycles. The van der Waals surface area contributed by atoms with Crippen LogP contribution in [0.2, 0.25) is 0 Å². The second kappa shape index (κ2) is 14.6. The van der Waals surface area contributed by atoms with E-state index >= 15 is 0 Å². The standard InChI is InChI=1S/C35H39N3O4S/c1-4-30-20-14-15-23-32(30)38(43(41,42)31-21-12-7-13-22-31)26-34(39)37(25-29-18-10-6-11-19-29)33(35(40)36-27(2)3)24-28-16-8-5-9-17-28/h5-23,27,33H,4,24-26H2,1-3H3,(H,36,40). The molecule has 0 radical (unpaired) electrons. The van der Waals surface area contributed by atoms with Gasteiger partial charge >= 0.3 is 0 Å². The Morgan fingerprint density at radius 3 is 1.86 bits per heavy atom. The molecule has 224 valence electrons. The quantitative estimate of drug-likeness (QED) is 0.217. The monoisotopic (exact) mass is 597 g/mol. The summed E-state index contributed by atoms with van der Waals surface area (Å²) >= 11 is 0. The second-order valence-electron chi connectivity index (χ2n) is 10.7. The van der Waals surface area contributed by atoms with Gasteiger partial charge in [0.05, 0.1) is 10.6 Å². The molecule has 0 spiro atoms. The first-order valence-electron chi connectivity index (χ1n) is 14.5. The number of benzene rings is 4. The van der Waals surface area contributed by atoms with E-state index in [1.54, 1.807) is 30.3 Å². The zero-order chi connectivity index (χ0) is 30.8. The number of hydrogen-bond donors (Lipinski definition) is 1. The average Bonchev–Trinajstić information content (AvgIpc) is 3.02. The van der Waals surface area contributed by atoms with E-state index in [2.05, 4.69) is 5.32 Å². The Balaban J connectivity index is 1.81. The van der Waals surface area contributed by atoms with Crippen molar-refractivity contribution in [2.45, 2.75) is 57.1 Å². The topological polar surface area (TPSA) is 86.8 Å². The summed E-state index contributed by atoms with van der Waals surface area (Å²) in [6.45, 7) is 5.36. The van der Waals surface area contributed by atoms with Crippen LogP contribution in [0.25, 0.3) is 0 Å². The van der Waals surface area contributed by atoms with Gasteiger partial charge in [-0.2, -0.15) is 0 Å². The first kappa shape index (κ1) is 31.5. The maximum absolute atomic E-state index is 14.5. The Morgan fingerprint density at radius 2 is 1.28 bits per heavy atom. The number of aryl methyl sites for hydroxylation is 1. The third kappa shape index (κ3) is 8.11. The van der Waals surface area contributed by atoms with Crippen molar-refractivity contribution in [2.24, 2.45) is 0 Å². The number of carbonyl (C=O) groups is 2. The Morgan fingerprint density at radius 1 is 0.744 bits per heavy atom. The van der Waals surface area contributed by atoms with Crippen molar-refractivity contribution in [2.75, 3.05) is 10.8 Å². The Kier molecular flexibility index (Phi) is 10.7. The number of nitrogens with one attached hydrogen (secondary N) is 1. The van der Waals surface area contributed by atoms with Crippen molar-refractivity contribution in [3.63, 3.8) is 0 Å². The highest BCUT2D eigenvalue weighted by Crippen LogP contribution is 2.28. The van der Waals surface area contributed by atoms with E-state index in [0.717, 1.165) is 16.7 Å². The van der Waals surface area contributed by atoms with Crippen LogP contribution in [0.5, 0.6) is 0 Å². The van der Waals surface area contributed by atoms with E-state index < -0.39 is 28.5 Å². The lowest BCUT2D eigenvalue weighted by Gasteiger charge is -2.34. The molecule has 0 heterocycles. The van der Waals surface area contributed by atoms with Crippen molar-refractivity contribution in [3.8, 4) is 0 Å². The van der Waals surface area contributed by atoms with Crippen LogP contribution in [0.3, 0.4) is 0 Å². The van der Waals surface area contributed by atoms with Crippen LogP contribution in [0.1, 0.15) is 37.5 Å². The molecule has 0 aromatic heterocycles. The normalized spacial score (nSPS) is 12.0. The van der Waals surface area contributed by atoms with E-state index in [4.69, 9.17) is 0 Å². The molecule has 1 unspecified atom stereocenters. The molecule has 1 atom stereocenters.